The number of rotatable bonds is 7. The zero-order valence-electron chi connectivity index (χ0n) is 25.8. The molecule has 12 heteroatoms. The van der Waals surface area contributed by atoms with Crippen molar-refractivity contribution >= 4 is 50.3 Å². The van der Waals surface area contributed by atoms with Crippen LogP contribution in [0.25, 0.3) is 16.7 Å². The van der Waals surface area contributed by atoms with Crippen molar-refractivity contribution in [1.29, 1.82) is 0 Å². The minimum Gasteiger partial charge on any atom is -0.307 e. The van der Waals surface area contributed by atoms with Crippen LogP contribution < -0.4 is 10.6 Å². The first-order valence-corrected chi connectivity index (χ1v) is 17.2. The van der Waals surface area contributed by atoms with E-state index >= 15 is 0 Å². The van der Waals surface area contributed by atoms with Crippen molar-refractivity contribution in [3.8, 4) is 5.69 Å². The molecule has 0 atom stereocenters. The molecule has 1 fully saturated rings. The summed E-state index contributed by atoms with van der Waals surface area (Å²) in [5.74, 6) is 0.855. The second kappa shape index (κ2) is 12.3. The molecular weight excluding hydrogens is 607 g/mol. The Bertz CT molecular complexity index is 1930. The van der Waals surface area contributed by atoms with E-state index in [1.54, 1.807) is 27.2 Å². The zero-order chi connectivity index (χ0) is 31.8. The standard InChI is InChI=1S/C33H37N7O3S2/c1-22-12-14-25(15-13-22)40-30(21-29(36-40)33(2,3)4)35-32(41)34-26-9-6-5-8-24(26)20-23-16-18-39(19-17-23)45(42,43)28-11-7-10-27-31(28)38-44-37-27/h5-15,21,23H,16-20H2,1-4H3,(H2,34,35,41). The van der Waals surface area contributed by atoms with Crippen LogP contribution in [-0.2, 0) is 21.9 Å². The summed E-state index contributed by atoms with van der Waals surface area (Å²) in [6, 6.07) is 22.4. The lowest BCUT2D eigenvalue weighted by molar-refractivity contribution is 0.261. The average molecular weight is 644 g/mol. The van der Waals surface area contributed by atoms with Crippen LogP contribution >= 0.6 is 11.7 Å². The Morgan fingerprint density at radius 3 is 2.42 bits per heavy atom. The molecule has 0 radical (unpaired) electrons. The second-order valence-corrected chi connectivity index (χ2v) is 15.0. The predicted octanol–water partition coefficient (Wildman–Crippen LogP) is 6.77. The van der Waals surface area contributed by atoms with Gasteiger partial charge in [-0.25, -0.2) is 17.9 Å². The SMILES string of the molecule is Cc1ccc(-n2nc(C(C)(C)C)cc2NC(=O)Nc2ccccc2CC2CCN(S(=O)(=O)c3cccc4nsnc34)CC2)cc1. The molecule has 2 aromatic heterocycles. The fourth-order valence-corrected chi connectivity index (χ4v) is 7.83. The van der Waals surface area contributed by atoms with Gasteiger partial charge in [0.05, 0.1) is 23.1 Å². The Hall–Kier alpha value is -4.13. The van der Waals surface area contributed by atoms with Crippen molar-refractivity contribution in [3.05, 3.63) is 89.6 Å². The van der Waals surface area contributed by atoms with Gasteiger partial charge in [-0.15, -0.1) is 0 Å². The summed E-state index contributed by atoms with van der Waals surface area (Å²) < 4.78 is 38.7. The number of carbonyl (C=O) groups excluding carboxylic acids is 1. The van der Waals surface area contributed by atoms with Crippen molar-refractivity contribution in [2.45, 2.75) is 57.3 Å². The smallest absolute Gasteiger partial charge is 0.307 e. The lowest BCUT2D eigenvalue weighted by Gasteiger charge is -2.31. The molecule has 2 N–H and O–H groups in total. The number of nitrogens with one attached hydrogen (secondary N) is 2. The Labute approximate surface area is 267 Å². The lowest BCUT2D eigenvalue weighted by Crippen LogP contribution is -2.39. The lowest BCUT2D eigenvalue weighted by atomic mass is 9.90. The van der Waals surface area contributed by atoms with Gasteiger partial charge in [-0.3, -0.25) is 5.32 Å². The van der Waals surface area contributed by atoms with Crippen molar-refractivity contribution < 1.29 is 13.2 Å². The summed E-state index contributed by atoms with van der Waals surface area (Å²) in [5.41, 5.74) is 5.43. The molecule has 3 aromatic carbocycles. The number of fused-ring (bicyclic) bond motifs is 1. The summed E-state index contributed by atoms with van der Waals surface area (Å²) in [5, 5.41) is 10.9. The number of hydrogen-bond acceptors (Lipinski definition) is 7. The molecule has 0 bridgehead atoms. The van der Waals surface area contributed by atoms with Gasteiger partial charge in [0.1, 0.15) is 21.7 Å². The van der Waals surface area contributed by atoms with Gasteiger partial charge in [0.25, 0.3) is 0 Å². The van der Waals surface area contributed by atoms with E-state index in [0.29, 0.717) is 29.9 Å². The molecule has 1 saturated heterocycles. The zero-order valence-corrected chi connectivity index (χ0v) is 27.5. The molecule has 6 rings (SSSR count). The summed E-state index contributed by atoms with van der Waals surface area (Å²) in [6.07, 6.45) is 2.16. The molecule has 0 unspecified atom stereocenters. The number of para-hydroxylation sites is 1. The van der Waals surface area contributed by atoms with E-state index in [1.165, 1.54) is 0 Å². The number of hydrogen-bond donors (Lipinski definition) is 2. The summed E-state index contributed by atoms with van der Waals surface area (Å²) in [6.45, 7) is 9.16. The maximum atomic E-state index is 13.5. The van der Waals surface area contributed by atoms with Gasteiger partial charge in [0.2, 0.25) is 10.0 Å². The van der Waals surface area contributed by atoms with Crippen LogP contribution in [0.15, 0.2) is 77.7 Å². The third-order valence-corrected chi connectivity index (χ3v) is 10.7. The van der Waals surface area contributed by atoms with Gasteiger partial charge in [0, 0.05) is 30.3 Å². The van der Waals surface area contributed by atoms with Crippen LogP contribution in [0.3, 0.4) is 0 Å². The number of piperidine rings is 1. The van der Waals surface area contributed by atoms with Gasteiger partial charge in [-0.1, -0.05) is 62.7 Å². The molecule has 0 saturated carbocycles. The van der Waals surface area contributed by atoms with Crippen LogP contribution in [0, 0.1) is 12.8 Å². The molecule has 3 heterocycles. The van der Waals surface area contributed by atoms with Gasteiger partial charge in [-0.2, -0.15) is 18.2 Å². The van der Waals surface area contributed by atoms with E-state index in [2.05, 4.69) is 40.2 Å². The minimum absolute atomic E-state index is 0.199. The third kappa shape index (κ3) is 6.63. The molecule has 0 spiro atoms. The first kappa shape index (κ1) is 30.9. The molecule has 10 nitrogen and oxygen atoms in total. The molecule has 5 aromatic rings. The van der Waals surface area contributed by atoms with Gasteiger partial charge in [0.15, 0.2) is 0 Å². The van der Waals surface area contributed by atoms with Gasteiger partial charge in [-0.05, 0) is 68.0 Å². The number of sulfonamides is 1. The topological polar surface area (TPSA) is 122 Å². The van der Waals surface area contributed by atoms with Crippen molar-refractivity contribution in [3.63, 3.8) is 0 Å². The van der Waals surface area contributed by atoms with Crippen LogP contribution in [0.4, 0.5) is 16.3 Å². The molecular formula is C33H37N7O3S2. The summed E-state index contributed by atoms with van der Waals surface area (Å²) in [4.78, 5) is 13.6. The molecule has 1 aliphatic rings. The molecule has 234 valence electrons. The largest absolute Gasteiger partial charge is 0.324 e. The number of amides is 2. The normalized spacial score (nSPS) is 14.9. The Balaban J connectivity index is 1.13. The van der Waals surface area contributed by atoms with Crippen LogP contribution in [-0.4, -0.2) is 50.4 Å². The molecule has 1 aliphatic heterocycles. The van der Waals surface area contributed by atoms with E-state index in [4.69, 9.17) is 5.10 Å². The van der Waals surface area contributed by atoms with Crippen LogP contribution in [0.5, 0.6) is 0 Å². The van der Waals surface area contributed by atoms with Crippen LogP contribution in [0.1, 0.15) is 50.4 Å². The Morgan fingerprint density at radius 2 is 1.69 bits per heavy atom. The number of anilines is 2. The van der Waals surface area contributed by atoms with E-state index in [1.807, 2.05) is 61.5 Å². The highest BCUT2D eigenvalue weighted by Crippen LogP contribution is 2.31. The highest BCUT2D eigenvalue weighted by atomic mass is 32.2. The van der Waals surface area contributed by atoms with Crippen LogP contribution in [0.2, 0.25) is 0 Å². The second-order valence-electron chi connectivity index (χ2n) is 12.6. The minimum atomic E-state index is -3.68. The number of nitrogens with zero attached hydrogens (tertiary/aromatic N) is 5. The molecule has 2 amide bonds. The Kier molecular flexibility index (Phi) is 8.47. The number of aryl methyl sites for hydroxylation is 1. The molecule has 45 heavy (non-hydrogen) atoms. The third-order valence-electron chi connectivity index (χ3n) is 8.21. The van der Waals surface area contributed by atoms with E-state index in [-0.39, 0.29) is 22.3 Å². The maximum Gasteiger partial charge on any atom is 0.324 e. The van der Waals surface area contributed by atoms with Crippen molar-refractivity contribution in [2.24, 2.45) is 5.92 Å². The highest BCUT2D eigenvalue weighted by molar-refractivity contribution is 7.89. The summed E-state index contributed by atoms with van der Waals surface area (Å²) in [7, 11) is -3.68. The fraction of sp³-hybridized carbons (Fsp3) is 0.333. The first-order chi connectivity index (χ1) is 21.5. The average Bonchev–Trinajstić information content (AvgIpc) is 3.66. The van der Waals surface area contributed by atoms with Gasteiger partial charge >= 0.3 is 6.03 Å². The monoisotopic (exact) mass is 643 g/mol. The van der Waals surface area contributed by atoms with Gasteiger partial charge < -0.3 is 5.32 Å². The van der Waals surface area contributed by atoms with E-state index < -0.39 is 10.0 Å². The Morgan fingerprint density at radius 1 is 0.956 bits per heavy atom. The number of benzene rings is 3. The predicted molar refractivity (Wildman–Crippen MR) is 179 cm³/mol. The maximum absolute atomic E-state index is 13.5. The quantitative estimate of drug-likeness (QED) is 0.202. The summed E-state index contributed by atoms with van der Waals surface area (Å²) >= 11 is 1.02. The van der Waals surface area contributed by atoms with Crippen molar-refractivity contribution in [2.75, 3.05) is 23.7 Å². The fourth-order valence-electron chi connectivity index (χ4n) is 5.60. The van der Waals surface area contributed by atoms with E-state index in [0.717, 1.165) is 59.2 Å². The first-order valence-electron chi connectivity index (χ1n) is 15.0. The number of carbonyl (C=O) groups is 1. The van der Waals surface area contributed by atoms with Crippen molar-refractivity contribution in [1.82, 2.24) is 22.8 Å². The number of urea groups is 1. The molecule has 0 aliphatic carbocycles. The highest BCUT2D eigenvalue weighted by Gasteiger charge is 2.32. The number of aromatic nitrogens is 4. The van der Waals surface area contributed by atoms with E-state index in [9.17, 15) is 13.2 Å².